The van der Waals surface area contributed by atoms with Crippen molar-refractivity contribution >= 4 is 15.9 Å². The molecule has 1 heterocycles. The molecule has 23 heavy (non-hydrogen) atoms. The Hall–Kier alpha value is -1.91. The molecule has 1 aromatic rings. The van der Waals surface area contributed by atoms with Gasteiger partial charge in [-0.25, -0.2) is 13.1 Å². The minimum atomic E-state index is -3.97. The van der Waals surface area contributed by atoms with Crippen LogP contribution < -0.4 is 4.72 Å². The molecule has 1 aliphatic rings. The summed E-state index contributed by atoms with van der Waals surface area (Å²) in [4.78, 5) is 11.9. The quantitative estimate of drug-likeness (QED) is 0.887. The zero-order valence-corrected chi connectivity index (χ0v) is 14.0. The number of benzene rings is 1. The Morgan fingerprint density at radius 3 is 2.78 bits per heavy atom. The summed E-state index contributed by atoms with van der Waals surface area (Å²) in [7, 11) is -3.97. The number of carbonyl (C=O) groups is 1. The molecule has 7 heteroatoms. The van der Waals surface area contributed by atoms with Gasteiger partial charge in [0.15, 0.2) is 0 Å². The summed E-state index contributed by atoms with van der Waals surface area (Å²) in [6.07, 6.45) is 2.66. The zero-order chi connectivity index (χ0) is 17.0. The molecule has 0 saturated carbocycles. The van der Waals surface area contributed by atoms with Gasteiger partial charge in [-0.15, -0.1) is 0 Å². The Bertz CT molecular complexity index is 737. The smallest absolute Gasteiger partial charge is 0.264 e. The summed E-state index contributed by atoms with van der Waals surface area (Å²) >= 11 is 0. The van der Waals surface area contributed by atoms with E-state index in [-0.39, 0.29) is 29.1 Å². The largest absolute Gasteiger partial charge is 0.375 e. The number of nitrogens with zero attached hydrogens (tertiary/aromatic N) is 1. The second-order valence-corrected chi connectivity index (χ2v) is 7.46. The van der Waals surface area contributed by atoms with Crippen LogP contribution in [-0.4, -0.2) is 26.5 Å². The number of nitrogens with one attached hydrogen (secondary N) is 1. The highest BCUT2D eigenvalue weighted by atomic mass is 32.2. The van der Waals surface area contributed by atoms with Crippen LogP contribution in [0.2, 0.25) is 0 Å². The lowest BCUT2D eigenvalue weighted by atomic mass is 10.1. The first kappa shape index (κ1) is 17.4. The number of nitriles is 1. The molecule has 2 atom stereocenters. The number of ether oxygens (including phenoxy) is 1. The van der Waals surface area contributed by atoms with Crippen LogP contribution in [0.5, 0.6) is 0 Å². The Labute approximate surface area is 136 Å². The highest BCUT2D eigenvalue weighted by molar-refractivity contribution is 7.90. The van der Waals surface area contributed by atoms with E-state index in [2.05, 4.69) is 4.72 Å². The Morgan fingerprint density at radius 2 is 2.17 bits per heavy atom. The lowest BCUT2D eigenvalue weighted by molar-refractivity contribution is -0.120. The number of rotatable bonds is 5. The second-order valence-electron chi connectivity index (χ2n) is 5.81. The first-order valence-corrected chi connectivity index (χ1v) is 9.02. The van der Waals surface area contributed by atoms with Gasteiger partial charge in [0.25, 0.3) is 10.0 Å². The maximum atomic E-state index is 12.3. The van der Waals surface area contributed by atoms with Crippen molar-refractivity contribution in [3.8, 4) is 6.07 Å². The fourth-order valence-corrected chi connectivity index (χ4v) is 3.89. The standard InChI is InChI=1S/C16H20N2O4S/c1-11-3-5-13(10-17)9-15(11)23(20,21)18-16(19)8-7-14-6-4-12(2)22-14/h3,5,9,12,14H,4,6-8H2,1-2H3,(H,18,19). The van der Waals surface area contributed by atoms with E-state index in [9.17, 15) is 13.2 Å². The third-order valence-corrected chi connectivity index (χ3v) is 5.38. The van der Waals surface area contributed by atoms with Gasteiger partial charge in [-0.1, -0.05) is 6.07 Å². The summed E-state index contributed by atoms with van der Waals surface area (Å²) in [6.45, 7) is 3.60. The van der Waals surface area contributed by atoms with Crippen LogP contribution in [-0.2, 0) is 19.6 Å². The van der Waals surface area contributed by atoms with Gasteiger partial charge in [-0.2, -0.15) is 5.26 Å². The molecule has 0 spiro atoms. The van der Waals surface area contributed by atoms with E-state index in [1.807, 2.05) is 13.0 Å². The van der Waals surface area contributed by atoms with Gasteiger partial charge < -0.3 is 4.74 Å². The Kier molecular flexibility index (Phi) is 5.39. The molecule has 2 unspecified atom stereocenters. The Morgan fingerprint density at radius 1 is 1.43 bits per heavy atom. The van der Waals surface area contributed by atoms with Crippen molar-refractivity contribution in [3.63, 3.8) is 0 Å². The molecular weight excluding hydrogens is 316 g/mol. The first-order valence-electron chi connectivity index (χ1n) is 7.53. The molecule has 6 nitrogen and oxygen atoms in total. The third kappa shape index (κ3) is 4.53. The SMILES string of the molecule is Cc1ccc(C#N)cc1S(=O)(=O)NC(=O)CCC1CCC(C)O1. The lowest BCUT2D eigenvalue weighted by Crippen LogP contribution is -2.31. The lowest BCUT2D eigenvalue weighted by Gasteiger charge is -2.12. The molecule has 1 aromatic carbocycles. The monoisotopic (exact) mass is 336 g/mol. The van der Waals surface area contributed by atoms with Crippen LogP contribution >= 0.6 is 0 Å². The average molecular weight is 336 g/mol. The van der Waals surface area contributed by atoms with Gasteiger partial charge in [0, 0.05) is 6.42 Å². The molecule has 1 amide bonds. The summed E-state index contributed by atoms with van der Waals surface area (Å²) in [5.41, 5.74) is 0.717. The molecule has 0 aliphatic carbocycles. The van der Waals surface area contributed by atoms with Crippen LogP contribution in [0.4, 0.5) is 0 Å². The molecule has 0 bridgehead atoms. The van der Waals surface area contributed by atoms with Crippen LogP contribution in [0.1, 0.15) is 43.7 Å². The number of hydrogen-bond donors (Lipinski definition) is 1. The summed E-state index contributed by atoms with van der Waals surface area (Å²) in [6, 6.07) is 6.25. The van der Waals surface area contributed by atoms with E-state index in [1.165, 1.54) is 12.1 Å². The summed E-state index contributed by atoms with van der Waals surface area (Å²) < 4.78 is 32.3. The molecule has 1 N–H and O–H groups in total. The predicted octanol–water partition coefficient (Wildman–Crippen LogP) is 2.02. The maximum absolute atomic E-state index is 12.3. The van der Waals surface area contributed by atoms with Gasteiger partial charge in [0.1, 0.15) is 0 Å². The average Bonchev–Trinajstić information content (AvgIpc) is 2.90. The zero-order valence-electron chi connectivity index (χ0n) is 13.2. The van der Waals surface area contributed by atoms with E-state index in [0.717, 1.165) is 12.8 Å². The highest BCUT2D eigenvalue weighted by Crippen LogP contribution is 2.23. The number of carbonyl (C=O) groups excluding carboxylic acids is 1. The molecule has 1 aliphatic heterocycles. The van der Waals surface area contributed by atoms with Crippen molar-refractivity contribution in [1.29, 1.82) is 5.26 Å². The maximum Gasteiger partial charge on any atom is 0.264 e. The molecule has 1 saturated heterocycles. The number of amides is 1. The molecule has 0 aromatic heterocycles. The van der Waals surface area contributed by atoms with Gasteiger partial charge in [0.2, 0.25) is 5.91 Å². The predicted molar refractivity (Wildman–Crippen MR) is 84.0 cm³/mol. The van der Waals surface area contributed by atoms with Crippen molar-refractivity contribution in [2.24, 2.45) is 0 Å². The van der Waals surface area contributed by atoms with E-state index in [4.69, 9.17) is 10.00 Å². The van der Waals surface area contributed by atoms with Crippen LogP contribution in [0.25, 0.3) is 0 Å². The summed E-state index contributed by atoms with van der Waals surface area (Å²) in [5.74, 6) is -0.560. The van der Waals surface area contributed by atoms with Crippen molar-refractivity contribution < 1.29 is 17.9 Å². The van der Waals surface area contributed by atoms with Gasteiger partial charge in [-0.3, -0.25) is 4.79 Å². The minimum absolute atomic E-state index is 0.0158. The molecular formula is C16H20N2O4S. The highest BCUT2D eigenvalue weighted by Gasteiger charge is 2.24. The van der Waals surface area contributed by atoms with Crippen LogP contribution in [0.3, 0.4) is 0 Å². The van der Waals surface area contributed by atoms with Gasteiger partial charge in [0.05, 0.1) is 28.7 Å². The minimum Gasteiger partial charge on any atom is -0.375 e. The second kappa shape index (κ2) is 7.11. The van der Waals surface area contributed by atoms with E-state index in [0.29, 0.717) is 12.0 Å². The molecule has 0 radical (unpaired) electrons. The fourth-order valence-electron chi connectivity index (χ4n) is 2.60. The van der Waals surface area contributed by atoms with Crippen molar-refractivity contribution in [2.75, 3.05) is 0 Å². The van der Waals surface area contributed by atoms with Crippen molar-refractivity contribution in [2.45, 2.75) is 56.6 Å². The van der Waals surface area contributed by atoms with Crippen molar-refractivity contribution in [3.05, 3.63) is 29.3 Å². The number of sulfonamides is 1. The van der Waals surface area contributed by atoms with Crippen LogP contribution in [0.15, 0.2) is 23.1 Å². The van der Waals surface area contributed by atoms with Crippen molar-refractivity contribution in [1.82, 2.24) is 4.72 Å². The molecule has 2 rings (SSSR count). The normalized spacial score (nSPS) is 20.9. The third-order valence-electron chi connectivity index (χ3n) is 3.87. The molecule has 124 valence electrons. The Balaban J connectivity index is 2.00. The topological polar surface area (TPSA) is 96.3 Å². The first-order chi connectivity index (χ1) is 10.8. The van der Waals surface area contributed by atoms with Gasteiger partial charge >= 0.3 is 0 Å². The number of aryl methyl sites for hydroxylation is 1. The van der Waals surface area contributed by atoms with E-state index >= 15 is 0 Å². The fraction of sp³-hybridized carbons (Fsp3) is 0.500. The van der Waals surface area contributed by atoms with E-state index < -0.39 is 15.9 Å². The number of hydrogen-bond acceptors (Lipinski definition) is 5. The van der Waals surface area contributed by atoms with Crippen LogP contribution in [0, 0.1) is 18.3 Å². The van der Waals surface area contributed by atoms with E-state index in [1.54, 1.807) is 13.0 Å². The molecule has 1 fully saturated rings. The van der Waals surface area contributed by atoms with Gasteiger partial charge in [-0.05, 0) is 50.8 Å². The summed E-state index contributed by atoms with van der Waals surface area (Å²) in [5, 5.41) is 8.88.